The summed E-state index contributed by atoms with van der Waals surface area (Å²) in [5, 5.41) is 3.40. The second-order valence-corrected chi connectivity index (χ2v) is 6.98. The van der Waals surface area contributed by atoms with E-state index in [1.54, 1.807) is 12.5 Å². The highest BCUT2D eigenvalue weighted by atomic mass is 16.5. The lowest BCUT2D eigenvalue weighted by molar-refractivity contribution is 0.305. The Morgan fingerprint density at radius 2 is 1.89 bits per heavy atom. The second-order valence-electron chi connectivity index (χ2n) is 6.98. The zero-order chi connectivity index (χ0) is 19.4. The molecule has 0 bridgehead atoms. The number of ether oxygens (including phenoxy) is 1. The Hall–Kier alpha value is -2.59. The van der Waals surface area contributed by atoms with Crippen LogP contribution >= 0.6 is 0 Å². The molecule has 0 atom stereocenters. The minimum absolute atomic E-state index is 0.703. The van der Waals surface area contributed by atoms with Crippen molar-refractivity contribution in [2.24, 2.45) is 0 Å². The average Bonchev–Trinajstić information content (AvgIpc) is 3.27. The minimum Gasteiger partial charge on any atom is -0.491 e. The number of aromatic nitrogens is 1. The number of nitrogens with one attached hydrogen (secondary N) is 1. The van der Waals surface area contributed by atoms with Gasteiger partial charge in [0.25, 0.3) is 0 Å². The van der Waals surface area contributed by atoms with Crippen molar-refractivity contribution in [3.63, 3.8) is 0 Å². The van der Waals surface area contributed by atoms with Gasteiger partial charge in [0, 0.05) is 12.1 Å². The van der Waals surface area contributed by atoms with E-state index in [2.05, 4.69) is 42.6 Å². The zero-order valence-corrected chi connectivity index (χ0v) is 16.7. The highest BCUT2D eigenvalue weighted by Crippen LogP contribution is 2.29. The monoisotopic (exact) mass is 378 g/mol. The summed E-state index contributed by atoms with van der Waals surface area (Å²) in [5.41, 5.74) is 4.23. The lowest BCUT2D eigenvalue weighted by Crippen LogP contribution is -2.15. The molecule has 148 valence electrons. The molecule has 0 fully saturated rings. The molecule has 28 heavy (non-hydrogen) atoms. The van der Waals surface area contributed by atoms with E-state index >= 15 is 0 Å². The summed E-state index contributed by atoms with van der Waals surface area (Å²) < 4.78 is 11.3. The average molecular weight is 379 g/mol. The SMILES string of the molecule is CCCNCc1ccc(OCCCCCc2ccccc2)c(-c2ccoc2)n1. The lowest BCUT2D eigenvalue weighted by atomic mass is 10.1. The van der Waals surface area contributed by atoms with Crippen molar-refractivity contribution in [1.82, 2.24) is 10.3 Å². The first kappa shape index (κ1) is 20.2. The molecule has 0 aliphatic heterocycles. The molecule has 0 saturated carbocycles. The third kappa shape index (κ3) is 6.24. The first-order chi connectivity index (χ1) is 13.9. The van der Waals surface area contributed by atoms with Gasteiger partial charge in [0.05, 0.1) is 24.8 Å². The molecule has 0 aliphatic rings. The number of hydrogen-bond acceptors (Lipinski definition) is 4. The van der Waals surface area contributed by atoms with Crippen LogP contribution in [0.1, 0.15) is 43.9 Å². The molecule has 0 radical (unpaired) electrons. The molecule has 0 aliphatic carbocycles. The molecule has 1 aromatic carbocycles. The number of nitrogens with zero attached hydrogens (tertiary/aromatic N) is 1. The molecule has 0 unspecified atom stereocenters. The maximum atomic E-state index is 6.07. The Morgan fingerprint density at radius 1 is 1.00 bits per heavy atom. The summed E-state index contributed by atoms with van der Waals surface area (Å²) in [6.07, 6.45) is 9.01. The van der Waals surface area contributed by atoms with Crippen LogP contribution in [0.4, 0.5) is 0 Å². The molecule has 4 nitrogen and oxygen atoms in total. The van der Waals surface area contributed by atoms with Gasteiger partial charge in [-0.3, -0.25) is 0 Å². The van der Waals surface area contributed by atoms with Crippen LogP contribution in [0.25, 0.3) is 11.3 Å². The minimum atomic E-state index is 0.703. The predicted molar refractivity (Wildman–Crippen MR) is 113 cm³/mol. The number of pyridine rings is 1. The van der Waals surface area contributed by atoms with E-state index in [1.807, 2.05) is 18.2 Å². The van der Waals surface area contributed by atoms with E-state index in [-0.39, 0.29) is 0 Å². The summed E-state index contributed by atoms with van der Waals surface area (Å²) in [6, 6.07) is 16.6. The number of benzene rings is 1. The quantitative estimate of drug-likeness (QED) is 0.415. The summed E-state index contributed by atoms with van der Waals surface area (Å²) in [7, 11) is 0. The van der Waals surface area contributed by atoms with Crippen LogP contribution in [0.15, 0.2) is 65.5 Å². The van der Waals surface area contributed by atoms with Gasteiger partial charge in [-0.2, -0.15) is 0 Å². The molecular formula is C24H30N2O2. The molecule has 0 amide bonds. The van der Waals surface area contributed by atoms with E-state index < -0.39 is 0 Å². The third-order valence-corrected chi connectivity index (χ3v) is 4.65. The van der Waals surface area contributed by atoms with E-state index in [1.165, 1.54) is 12.0 Å². The highest BCUT2D eigenvalue weighted by molar-refractivity contribution is 5.65. The Balaban J connectivity index is 1.51. The van der Waals surface area contributed by atoms with Crippen LogP contribution in [0, 0.1) is 0 Å². The van der Waals surface area contributed by atoms with Crippen molar-refractivity contribution in [2.45, 2.75) is 45.6 Å². The lowest BCUT2D eigenvalue weighted by Gasteiger charge is -2.12. The van der Waals surface area contributed by atoms with Crippen molar-refractivity contribution in [3.05, 3.63) is 72.3 Å². The van der Waals surface area contributed by atoms with Gasteiger partial charge in [-0.15, -0.1) is 0 Å². The van der Waals surface area contributed by atoms with Crippen molar-refractivity contribution < 1.29 is 9.15 Å². The van der Waals surface area contributed by atoms with Crippen LogP contribution in [-0.4, -0.2) is 18.1 Å². The van der Waals surface area contributed by atoms with Gasteiger partial charge in [-0.05, 0) is 62.4 Å². The van der Waals surface area contributed by atoms with Crippen LogP contribution < -0.4 is 10.1 Å². The smallest absolute Gasteiger partial charge is 0.145 e. The number of rotatable bonds is 12. The molecule has 4 heteroatoms. The molecule has 2 heterocycles. The normalized spacial score (nSPS) is 10.9. The molecule has 3 aromatic rings. The second kappa shape index (κ2) is 11.3. The standard InChI is InChI=1S/C24H30N2O2/c1-2-15-25-18-22-12-13-23(24(26-22)21-14-17-27-19-21)28-16-8-4-7-11-20-9-5-3-6-10-20/h3,5-6,9-10,12-14,17,19,25H,2,4,7-8,11,15-16,18H2,1H3. The Morgan fingerprint density at radius 3 is 2.68 bits per heavy atom. The zero-order valence-electron chi connectivity index (χ0n) is 16.7. The van der Waals surface area contributed by atoms with E-state index in [0.29, 0.717) is 6.61 Å². The first-order valence-corrected chi connectivity index (χ1v) is 10.3. The third-order valence-electron chi connectivity index (χ3n) is 4.65. The van der Waals surface area contributed by atoms with Gasteiger partial charge >= 0.3 is 0 Å². The van der Waals surface area contributed by atoms with Gasteiger partial charge in [0.1, 0.15) is 11.4 Å². The maximum Gasteiger partial charge on any atom is 0.145 e. The van der Waals surface area contributed by atoms with Crippen LogP contribution in [0.2, 0.25) is 0 Å². The topological polar surface area (TPSA) is 47.3 Å². The summed E-state index contributed by atoms with van der Waals surface area (Å²) in [5.74, 6) is 0.823. The van der Waals surface area contributed by atoms with E-state index in [9.17, 15) is 0 Å². The van der Waals surface area contributed by atoms with Gasteiger partial charge in [0.2, 0.25) is 0 Å². The Labute approximate surface area is 168 Å². The number of aryl methyl sites for hydroxylation is 1. The summed E-state index contributed by atoms with van der Waals surface area (Å²) in [6.45, 7) is 4.62. The summed E-state index contributed by atoms with van der Waals surface area (Å²) >= 11 is 0. The molecule has 3 rings (SSSR count). The maximum absolute atomic E-state index is 6.07. The number of hydrogen-bond donors (Lipinski definition) is 1. The number of furan rings is 1. The van der Waals surface area contributed by atoms with Crippen molar-refractivity contribution in [2.75, 3.05) is 13.2 Å². The first-order valence-electron chi connectivity index (χ1n) is 10.3. The molecule has 2 aromatic heterocycles. The van der Waals surface area contributed by atoms with Gasteiger partial charge < -0.3 is 14.5 Å². The van der Waals surface area contributed by atoms with Crippen molar-refractivity contribution >= 4 is 0 Å². The number of unbranched alkanes of at least 4 members (excludes halogenated alkanes) is 2. The van der Waals surface area contributed by atoms with Crippen molar-refractivity contribution in [3.8, 4) is 17.0 Å². The molecule has 0 spiro atoms. The Kier molecular flexibility index (Phi) is 8.13. The van der Waals surface area contributed by atoms with Crippen LogP contribution in [0.3, 0.4) is 0 Å². The fourth-order valence-corrected chi connectivity index (χ4v) is 3.14. The van der Waals surface area contributed by atoms with Gasteiger partial charge in [-0.25, -0.2) is 4.98 Å². The van der Waals surface area contributed by atoms with E-state index in [4.69, 9.17) is 14.1 Å². The fraction of sp³-hybridized carbons (Fsp3) is 0.375. The highest BCUT2D eigenvalue weighted by Gasteiger charge is 2.11. The van der Waals surface area contributed by atoms with Gasteiger partial charge in [0.15, 0.2) is 0 Å². The van der Waals surface area contributed by atoms with Crippen molar-refractivity contribution in [1.29, 1.82) is 0 Å². The molecule has 1 N–H and O–H groups in total. The van der Waals surface area contributed by atoms with Gasteiger partial charge in [-0.1, -0.05) is 37.3 Å². The van der Waals surface area contributed by atoms with Crippen LogP contribution in [0.5, 0.6) is 5.75 Å². The van der Waals surface area contributed by atoms with E-state index in [0.717, 1.165) is 61.5 Å². The molecule has 0 saturated heterocycles. The molecular weight excluding hydrogens is 348 g/mol. The predicted octanol–water partition coefficient (Wildman–Crippen LogP) is 5.63. The fourth-order valence-electron chi connectivity index (χ4n) is 3.14. The van der Waals surface area contributed by atoms with Crippen LogP contribution in [-0.2, 0) is 13.0 Å². The summed E-state index contributed by atoms with van der Waals surface area (Å²) in [4.78, 5) is 4.79. The Bertz CT molecular complexity index is 801. The largest absolute Gasteiger partial charge is 0.491 e.